The molecule has 12 atom stereocenters. The Balaban J connectivity index is 1.06. The first-order valence-corrected chi connectivity index (χ1v) is 18.6. The first-order chi connectivity index (χ1) is 20.9. The number of ether oxygens (including phenoxy) is 3. The molecular formula is C38H63NO5. The normalized spacial score (nSPS) is 48.9. The van der Waals surface area contributed by atoms with Crippen LogP contribution in [0.5, 0.6) is 0 Å². The van der Waals surface area contributed by atoms with Crippen molar-refractivity contribution in [3.63, 3.8) is 0 Å². The summed E-state index contributed by atoms with van der Waals surface area (Å²) in [4.78, 5) is 14.9. The lowest BCUT2D eigenvalue weighted by molar-refractivity contribution is -0.248. The van der Waals surface area contributed by atoms with Gasteiger partial charge in [0, 0.05) is 25.5 Å². The zero-order chi connectivity index (χ0) is 31.3. The highest BCUT2D eigenvalue weighted by atomic mass is 16.7. The fraction of sp³-hybridized carbons (Fsp3) is 0.974. The Kier molecular flexibility index (Phi) is 7.91. The molecule has 1 heterocycles. The van der Waals surface area contributed by atoms with Crippen LogP contribution in [-0.2, 0) is 19.0 Å². The highest BCUT2D eigenvalue weighted by Gasteiger charge is 2.83. The summed E-state index contributed by atoms with van der Waals surface area (Å²) in [5, 5.41) is 12.0. The van der Waals surface area contributed by atoms with Crippen molar-refractivity contribution in [2.45, 2.75) is 150 Å². The molecule has 0 radical (unpaired) electrons. The monoisotopic (exact) mass is 613 g/mol. The van der Waals surface area contributed by atoms with Gasteiger partial charge in [-0.25, -0.2) is 0 Å². The van der Waals surface area contributed by atoms with Crippen LogP contribution >= 0.6 is 0 Å². The van der Waals surface area contributed by atoms with Gasteiger partial charge in [-0.05, 0) is 128 Å². The van der Waals surface area contributed by atoms with E-state index in [1.54, 1.807) is 0 Å². The molecule has 1 saturated heterocycles. The van der Waals surface area contributed by atoms with E-state index in [1.165, 1.54) is 51.4 Å². The highest BCUT2D eigenvalue weighted by Crippen LogP contribution is 2.89. The Bertz CT molecular complexity index is 1100. The second kappa shape index (κ2) is 10.9. The molecule has 7 unspecified atom stereocenters. The molecule has 7 aliphatic rings. The number of carbonyl (C=O) groups is 1. The van der Waals surface area contributed by atoms with Crippen molar-refractivity contribution >= 4 is 5.91 Å². The number of aliphatic hydroxyl groups excluding tert-OH is 1. The predicted molar refractivity (Wildman–Crippen MR) is 172 cm³/mol. The number of morpholine rings is 1. The second-order valence-corrected chi connectivity index (χ2v) is 18.0. The minimum absolute atomic E-state index is 0.0165. The minimum atomic E-state index is -0.304. The summed E-state index contributed by atoms with van der Waals surface area (Å²) >= 11 is 0. The topological polar surface area (TPSA) is 68.2 Å². The van der Waals surface area contributed by atoms with E-state index in [9.17, 15) is 9.90 Å². The fourth-order valence-corrected chi connectivity index (χ4v) is 13.3. The number of hydrogen-bond donors (Lipinski definition) is 1. The molecule has 6 heteroatoms. The third-order valence-electron chi connectivity index (χ3n) is 16.2. The SMILES string of the molecule is CCC(C[C@@H](C)[C@H]1C[C@H](O)[C@@]2(C)C3CC[C@H]4C(C)(C)C(OC5CN(C(=O)CC6CC6)CCO5)CCC45CC35CCC12C)OC. The Morgan fingerprint density at radius 1 is 1.02 bits per heavy atom. The number of hydrogen-bond acceptors (Lipinski definition) is 5. The summed E-state index contributed by atoms with van der Waals surface area (Å²) in [5.41, 5.74) is 1.02. The molecule has 1 amide bonds. The van der Waals surface area contributed by atoms with Crippen LogP contribution in [0.25, 0.3) is 0 Å². The summed E-state index contributed by atoms with van der Waals surface area (Å²) in [5.74, 6) is 3.29. The molecule has 7 fully saturated rings. The van der Waals surface area contributed by atoms with Crippen LogP contribution in [-0.4, -0.2) is 67.3 Å². The van der Waals surface area contributed by atoms with Gasteiger partial charge in [0.1, 0.15) is 0 Å². The van der Waals surface area contributed by atoms with E-state index in [2.05, 4.69) is 41.5 Å². The van der Waals surface area contributed by atoms with Crippen LogP contribution in [0, 0.1) is 56.7 Å². The first-order valence-electron chi connectivity index (χ1n) is 18.6. The van der Waals surface area contributed by atoms with Crippen molar-refractivity contribution in [1.82, 2.24) is 4.90 Å². The molecule has 0 bridgehead atoms. The van der Waals surface area contributed by atoms with Gasteiger partial charge in [0.05, 0.1) is 31.5 Å². The molecule has 0 aromatic carbocycles. The molecule has 2 spiro atoms. The highest BCUT2D eigenvalue weighted by molar-refractivity contribution is 5.76. The second-order valence-electron chi connectivity index (χ2n) is 18.0. The average Bonchev–Trinajstić information content (AvgIpc) is 3.91. The molecule has 1 aliphatic heterocycles. The molecule has 0 aromatic heterocycles. The Morgan fingerprint density at radius 2 is 1.75 bits per heavy atom. The van der Waals surface area contributed by atoms with Gasteiger partial charge in [0.15, 0.2) is 6.29 Å². The van der Waals surface area contributed by atoms with Gasteiger partial charge < -0.3 is 24.2 Å². The Hall–Kier alpha value is -0.690. The summed E-state index contributed by atoms with van der Waals surface area (Å²) in [6.45, 7) is 16.6. The lowest BCUT2D eigenvalue weighted by Crippen LogP contribution is -2.60. The first kappa shape index (κ1) is 31.9. The predicted octanol–water partition coefficient (Wildman–Crippen LogP) is 7.22. The van der Waals surface area contributed by atoms with Crippen LogP contribution in [0.15, 0.2) is 0 Å². The van der Waals surface area contributed by atoms with Crippen molar-refractivity contribution in [1.29, 1.82) is 0 Å². The quantitative estimate of drug-likeness (QED) is 0.298. The molecule has 6 saturated carbocycles. The minimum Gasteiger partial charge on any atom is -0.393 e. The van der Waals surface area contributed by atoms with Gasteiger partial charge in [-0.15, -0.1) is 0 Å². The van der Waals surface area contributed by atoms with Gasteiger partial charge in [0.25, 0.3) is 0 Å². The maximum atomic E-state index is 12.9. The van der Waals surface area contributed by atoms with E-state index in [-0.39, 0.29) is 40.7 Å². The zero-order valence-electron chi connectivity index (χ0n) is 29.0. The van der Waals surface area contributed by atoms with Crippen LogP contribution in [0.4, 0.5) is 0 Å². The third-order valence-corrected chi connectivity index (χ3v) is 16.2. The Labute approximate surface area is 267 Å². The van der Waals surface area contributed by atoms with E-state index in [4.69, 9.17) is 14.2 Å². The summed E-state index contributed by atoms with van der Waals surface area (Å²) in [6, 6.07) is 0. The zero-order valence-corrected chi connectivity index (χ0v) is 29.0. The number of fused-ring (bicyclic) bond motifs is 2. The van der Waals surface area contributed by atoms with E-state index < -0.39 is 0 Å². The molecule has 44 heavy (non-hydrogen) atoms. The van der Waals surface area contributed by atoms with Crippen LogP contribution in [0.3, 0.4) is 0 Å². The van der Waals surface area contributed by atoms with Crippen molar-refractivity contribution in [3.8, 4) is 0 Å². The van der Waals surface area contributed by atoms with Crippen LogP contribution < -0.4 is 0 Å². The number of amides is 1. The molecule has 6 aliphatic carbocycles. The van der Waals surface area contributed by atoms with E-state index in [0.717, 1.165) is 25.7 Å². The smallest absolute Gasteiger partial charge is 0.223 e. The largest absolute Gasteiger partial charge is 0.393 e. The summed E-state index contributed by atoms with van der Waals surface area (Å²) in [7, 11) is 1.86. The lowest BCUT2D eigenvalue weighted by Gasteiger charge is -2.64. The molecule has 0 aromatic rings. The Morgan fingerprint density at radius 3 is 2.45 bits per heavy atom. The molecule has 250 valence electrons. The fourth-order valence-electron chi connectivity index (χ4n) is 13.3. The summed E-state index contributed by atoms with van der Waals surface area (Å²) < 4.78 is 18.8. The van der Waals surface area contributed by atoms with Crippen molar-refractivity contribution in [3.05, 3.63) is 0 Å². The van der Waals surface area contributed by atoms with Crippen LogP contribution in [0.1, 0.15) is 125 Å². The standard InChI is InChI=1S/C38H63NO5/c1-8-26(42-7)19-24(2)27-21-30(40)36(6)29-12-11-28-34(3,4)31(13-14-37(28)23-38(29,37)16-15-35(27,36)5)44-33-22-39(17-18-43-33)32(41)20-25-9-10-25/h24-31,33,40H,8-23H2,1-7H3/t24-,26?,27-,28+,29?,30+,31?,33?,35?,36-,37?,38?/m1/s1. The number of aliphatic hydroxyl groups is 1. The van der Waals surface area contributed by atoms with E-state index in [1.807, 2.05) is 12.0 Å². The van der Waals surface area contributed by atoms with Gasteiger partial charge in [-0.1, -0.05) is 41.5 Å². The lowest BCUT2D eigenvalue weighted by atomic mass is 9.41. The molecule has 7 rings (SSSR count). The van der Waals surface area contributed by atoms with Crippen molar-refractivity contribution in [2.24, 2.45) is 56.7 Å². The van der Waals surface area contributed by atoms with Crippen molar-refractivity contribution < 1.29 is 24.1 Å². The maximum Gasteiger partial charge on any atom is 0.223 e. The van der Waals surface area contributed by atoms with E-state index >= 15 is 0 Å². The van der Waals surface area contributed by atoms with Crippen molar-refractivity contribution in [2.75, 3.05) is 26.8 Å². The third kappa shape index (κ3) is 4.49. The van der Waals surface area contributed by atoms with Gasteiger partial charge >= 0.3 is 0 Å². The van der Waals surface area contributed by atoms with Gasteiger partial charge in [0.2, 0.25) is 5.91 Å². The molecular weight excluding hydrogens is 550 g/mol. The van der Waals surface area contributed by atoms with Gasteiger partial charge in [-0.3, -0.25) is 4.79 Å². The molecule has 1 N–H and O–H groups in total. The van der Waals surface area contributed by atoms with E-state index in [0.29, 0.717) is 72.6 Å². The average molecular weight is 614 g/mol. The number of rotatable bonds is 9. The number of methoxy groups -OCH3 is 1. The number of nitrogens with zero attached hydrogens (tertiary/aromatic N) is 1. The summed E-state index contributed by atoms with van der Waals surface area (Å²) in [6.07, 6.45) is 15.0. The number of carbonyl (C=O) groups excluding carboxylic acids is 1. The van der Waals surface area contributed by atoms with Gasteiger partial charge in [-0.2, -0.15) is 0 Å². The maximum absolute atomic E-state index is 12.9. The van der Waals surface area contributed by atoms with Crippen LogP contribution in [0.2, 0.25) is 0 Å². The molecule has 6 nitrogen and oxygen atoms in total.